The number of unbranched alkanes of at least 4 members (excludes halogenated alkanes) is 1. The smallest absolute Gasteiger partial charge is 0.152 e. The molecule has 0 aromatic rings. The van der Waals surface area contributed by atoms with E-state index in [-0.39, 0.29) is 11.3 Å². The highest BCUT2D eigenvalue weighted by molar-refractivity contribution is 7.91. The van der Waals surface area contributed by atoms with Gasteiger partial charge in [0.2, 0.25) is 0 Å². The highest BCUT2D eigenvalue weighted by Crippen LogP contribution is 2.33. The van der Waals surface area contributed by atoms with E-state index >= 15 is 0 Å². The van der Waals surface area contributed by atoms with Gasteiger partial charge in [0, 0.05) is 5.54 Å². The van der Waals surface area contributed by atoms with Crippen molar-refractivity contribution in [1.82, 2.24) is 0 Å². The van der Waals surface area contributed by atoms with Crippen LogP contribution in [-0.4, -0.2) is 25.5 Å². The van der Waals surface area contributed by atoms with Crippen LogP contribution in [0.2, 0.25) is 0 Å². The minimum Gasteiger partial charge on any atom is -0.324 e. The molecule has 72 valence electrons. The Labute approximate surface area is 74.3 Å². The summed E-state index contributed by atoms with van der Waals surface area (Å²) in [5.41, 5.74) is 5.37. The molecule has 1 fully saturated rings. The second kappa shape index (κ2) is 3.34. The van der Waals surface area contributed by atoms with Gasteiger partial charge in [0.1, 0.15) is 0 Å². The first-order valence-electron chi connectivity index (χ1n) is 4.47. The summed E-state index contributed by atoms with van der Waals surface area (Å²) in [6.07, 6.45) is 3.44. The van der Waals surface area contributed by atoms with E-state index in [4.69, 9.17) is 5.73 Å². The summed E-state index contributed by atoms with van der Waals surface area (Å²) in [4.78, 5) is 0. The van der Waals surface area contributed by atoms with Gasteiger partial charge < -0.3 is 5.73 Å². The van der Waals surface area contributed by atoms with Crippen LogP contribution in [0.5, 0.6) is 0 Å². The maximum Gasteiger partial charge on any atom is 0.152 e. The zero-order chi connectivity index (χ0) is 9.24. The van der Waals surface area contributed by atoms with Crippen molar-refractivity contribution in [2.24, 2.45) is 5.73 Å². The molecule has 12 heavy (non-hydrogen) atoms. The van der Waals surface area contributed by atoms with E-state index in [0.717, 1.165) is 25.7 Å². The molecule has 0 radical (unpaired) electrons. The molecule has 3 nitrogen and oxygen atoms in total. The zero-order valence-corrected chi connectivity index (χ0v) is 8.36. The van der Waals surface area contributed by atoms with Crippen molar-refractivity contribution < 1.29 is 8.42 Å². The van der Waals surface area contributed by atoms with Gasteiger partial charge in [-0.1, -0.05) is 13.3 Å². The molecule has 4 heteroatoms. The van der Waals surface area contributed by atoms with E-state index < -0.39 is 9.84 Å². The van der Waals surface area contributed by atoms with Gasteiger partial charge in [-0.15, -0.1) is 0 Å². The van der Waals surface area contributed by atoms with Crippen LogP contribution >= 0.6 is 0 Å². The van der Waals surface area contributed by atoms with E-state index in [1.807, 2.05) is 6.92 Å². The van der Waals surface area contributed by atoms with Gasteiger partial charge in [-0.25, -0.2) is 8.42 Å². The van der Waals surface area contributed by atoms with E-state index in [1.165, 1.54) is 0 Å². The third-order valence-electron chi connectivity index (χ3n) is 2.21. The van der Waals surface area contributed by atoms with Gasteiger partial charge in [-0.05, 0) is 19.3 Å². The molecule has 0 unspecified atom stereocenters. The number of sulfone groups is 1. The molecule has 1 aliphatic carbocycles. The van der Waals surface area contributed by atoms with Crippen molar-refractivity contribution in [2.75, 3.05) is 11.5 Å². The number of hydrogen-bond donors (Lipinski definition) is 1. The van der Waals surface area contributed by atoms with E-state index in [9.17, 15) is 8.42 Å². The number of nitrogens with two attached hydrogens (primary N) is 1. The van der Waals surface area contributed by atoms with E-state index in [2.05, 4.69) is 0 Å². The summed E-state index contributed by atoms with van der Waals surface area (Å²) in [5.74, 6) is 0.502. The highest BCUT2D eigenvalue weighted by atomic mass is 32.2. The van der Waals surface area contributed by atoms with Crippen molar-refractivity contribution in [1.29, 1.82) is 0 Å². The van der Waals surface area contributed by atoms with Crippen molar-refractivity contribution in [3.8, 4) is 0 Å². The van der Waals surface area contributed by atoms with E-state index in [0.29, 0.717) is 5.75 Å². The Balaban J connectivity index is 2.38. The second-order valence-corrected chi connectivity index (χ2v) is 5.99. The third kappa shape index (κ3) is 3.11. The maximum atomic E-state index is 11.4. The summed E-state index contributed by atoms with van der Waals surface area (Å²) in [7, 11) is -2.86. The molecule has 1 saturated carbocycles. The van der Waals surface area contributed by atoms with Gasteiger partial charge >= 0.3 is 0 Å². The van der Waals surface area contributed by atoms with Gasteiger partial charge in [-0.3, -0.25) is 0 Å². The zero-order valence-electron chi connectivity index (χ0n) is 7.54. The van der Waals surface area contributed by atoms with Crippen molar-refractivity contribution >= 4 is 9.84 Å². The molecule has 1 rings (SSSR count). The monoisotopic (exact) mass is 191 g/mol. The predicted octanol–water partition coefficient (Wildman–Crippen LogP) is 0.693. The van der Waals surface area contributed by atoms with Gasteiger partial charge in [0.15, 0.2) is 9.84 Å². The van der Waals surface area contributed by atoms with Crippen molar-refractivity contribution in [2.45, 2.75) is 38.1 Å². The quantitative estimate of drug-likeness (QED) is 0.695. The third-order valence-corrected chi connectivity index (χ3v) is 4.13. The van der Waals surface area contributed by atoms with Crippen LogP contribution in [0.15, 0.2) is 0 Å². The first kappa shape index (κ1) is 9.99. The number of hydrogen-bond acceptors (Lipinski definition) is 3. The molecule has 1 aliphatic rings. The predicted molar refractivity (Wildman–Crippen MR) is 49.7 cm³/mol. The van der Waals surface area contributed by atoms with Crippen molar-refractivity contribution in [3.05, 3.63) is 0 Å². The van der Waals surface area contributed by atoms with Gasteiger partial charge in [-0.2, -0.15) is 0 Å². The second-order valence-electron chi connectivity index (χ2n) is 3.81. The number of rotatable bonds is 5. The standard InChI is InChI=1S/C8H17NO2S/c1-2-3-6-12(10,11)7-8(9)4-5-8/h2-7,9H2,1H3. The molecule has 0 aliphatic heterocycles. The molecule has 0 atom stereocenters. The normalized spacial score (nSPS) is 20.8. The summed E-state index contributed by atoms with van der Waals surface area (Å²) in [6, 6.07) is 0. The lowest BCUT2D eigenvalue weighted by Gasteiger charge is -2.08. The lowest BCUT2D eigenvalue weighted by atomic mass is 10.4. The Morgan fingerprint density at radius 2 is 2.00 bits per heavy atom. The summed E-state index contributed by atoms with van der Waals surface area (Å²) in [5, 5.41) is 0. The van der Waals surface area contributed by atoms with Crippen LogP contribution in [0.25, 0.3) is 0 Å². The topological polar surface area (TPSA) is 60.2 Å². The van der Waals surface area contributed by atoms with Crippen molar-refractivity contribution in [3.63, 3.8) is 0 Å². The first-order chi connectivity index (χ1) is 5.47. The first-order valence-corrected chi connectivity index (χ1v) is 6.29. The molecular weight excluding hydrogens is 174 g/mol. The molecule has 0 heterocycles. The average Bonchev–Trinajstić information content (AvgIpc) is 2.62. The highest BCUT2D eigenvalue weighted by Gasteiger charge is 2.41. The van der Waals surface area contributed by atoms with Gasteiger partial charge in [0.05, 0.1) is 11.5 Å². The van der Waals surface area contributed by atoms with Crippen LogP contribution < -0.4 is 5.73 Å². The molecule has 0 aromatic heterocycles. The molecule has 0 aromatic carbocycles. The largest absolute Gasteiger partial charge is 0.324 e. The lowest BCUT2D eigenvalue weighted by Crippen LogP contribution is -2.32. The molecular formula is C8H17NO2S. The SMILES string of the molecule is CCCCS(=O)(=O)CC1(N)CC1. The fraction of sp³-hybridized carbons (Fsp3) is 1.00. The minimum atomic E-state index is -2.86. The van der Waals surface area contributed by atoms with Crippen LogP contribution in [0, 0.1) is 0 Å². The average molecular weight is 191 g/mol. The summed E-state index contributed by atoms with van der Waals surface area (Å²) < 4.78 is 22.7. The van der Waals surface area contributed by atoms with Gasteiger partial charge in [0.25, 0.3) is 0 Å². The maximum absolute atomic E-state index is 11.4. The minimum absolute atomic E-state index is 0.194. The van der Waals surface area contributed by atoms with Crippen LogP contribution in [-0.2, 0) is 9.84 Å². The Bertz CT molecular complexity index is 242. The molecule has 0 spiro atoms. The van der Waals surface area contributed by atoms with Crippen LogP contribution in [0.1, 0.15) is 32.6 Å². The Hall–Kier alpha value is -0.0900. The van der Waals surface area contributed by atoms with Crippen LogP contribution in [0.3, 0.4) is 0 Å². The Morgan fingerprint density at radius 3 is 2.42 bits per heavy atom. The molecule has 0 saturated heterocycles. The summed E-state index contributed by atoms with van der Waals surface area (Å²) in [6.45, 7) is 1.99. The molecule has 2 N–H and O–H groups in total. The molecule has 0 amide bonds. The van der Waals surface area contributed by atoms with E-state index in [1.54, 1.807) is 0 Å². The fourth-order valence-corrected chi connectivity index (χ4v) is 3.22. The Kier molecular flexibility index (Phi) is 2.78. The molecule has 0 bridgehead atoms. The lowest BCUT2D eigenvalue weighted by molar-refractivity contribution is 0.582. The fourth-order valence-electron chi connectivity index (χ4n) is 1.18. The Morgan fingerprint density at radius 1 is 1.42 bits per heavy atom. The summed E-state index contributed by atoms with van der Waals surface area (Å²) >= 11 is 0. The van der Waals surface area contributed by atoms with Crippen LogP contribution in [0.4, 0.5) is 0 Å².